The van der Waals surface area contributed by atoms with Crippen molar-refractivity contribution in [2.45, 2.75) is 33.4 Å². The number of thiazole rings is 1. The highest BCUT2D eigenvalue weighted by molar-refractivity contribution is 7.07. The summed E-state index contributed by atoms with van der Waals surface area (Å²) in [5.41, 5.74) is 3.86. The van der Waals surface area contributed by atoms with Crippen molar-refractivity contribution in [3.05, 3.63) is 131 Å². The van der Waals surface area contributed by atoms with E-state index in [1.165, 1.54) is 11.3 Å². The molecule has 3 aromatic carbocycles. The zero-order chi connectivity index (χ0) is 29.8. The zero-order valence-corrected chi connectivity index (χ0v) is 25.1. The Kier molecular flexibility index (Phi) is 8.72. The van der Waals surface area contributed by atoms with Crippen LogP contribution in [0.4, 0.5) is 0 Å². The first-order valence-corrected chi connectivity index (χ1v) is 14.8. The van der Waals surface area contributed by atoms with Crippen LogP contribution in [0, 0.1) is 11.3 Å². The van der Waals surface area contributed by atoms with Gasteiger partial charge >= 0.3 is 0 Å². The molecule has 0 N–H and O–H groups in total. The third-order valence-corrected chi connectivity index (χ3v) is 8.41. The van der Waals surface area contributed by atoms with Crippen LogP contribution in [-0.4, -0.2) is 28.5 Å². The van der Waals surface area contributed by atoms with Crippen LogP contribution in [0.5, 0.6) is 5.75 Å². The number of hydrogen-bond donors (Lipinski definition) is 0. The Balaban J connectivity index is 1.58. The number of para-hydroxylation sites is 1. The number of halogens is 1. The minimum atomic E-state index is -0.642. The first-order valence-electron chi connectivity index (χ1n) is 13.6. The Morgan fingerprint density at radius 2 is 1.79 bits per heavy atom. The molecule has 1 aliphatic rings. The highest BCUT2D eigenvalue weighted by Gasteiger charge is 2.34. The monoisotopic (exact) mass is 596 g/mol. The van der Waals surface area contributed by atoms with E-state index in [0.717, 1.165) is 16.7 Å². The van der Waals surface area contributed by atoms with Crippen LogP contribution in [0.15, 0.2) is 93.9 Å². The molecule has 0 radical (unpaired) electrons. The van der Waals surface area contributed by atoms with Crippen molar-refractivity contribution in [3.63, 3.8) is 0 Å². The molecule has 1 aromatic heterocycles. The summed E-state index contributed by atoms with van der Waals surface area (Å²) in [6.45, 7) is 7.09. The molecule has 2 heterocycles. The average molecular weight is 597 g/mol. The summed E-state index contributed by atoms with van der Waals surface area (Å²) in [4.78, 5) is 34.8. The summed E-state index contributed by atoms with van der Waals surface area (Å²) >= 11 is 7.47. The Labute approximate surface area is 252 Å². The van der Waals surface area contributed by atoms with Gasteiger partial charge in [0.05, 0.1) is 33.5 Å². The minimum Gasteiger partial charge on any atom is -0.488 e. The molecule has 4 aromatic rings. The van der Waals surface area contributed by atoms with E-state index in [4.69, 9.17) is 26.6 Å². The van der Waals surface area contributed by atoms with Gasteiger partial charge < -0.3 is 9.64 Å². The van der Waals surface area contributed by atoms with Gasteiger partial charge in [0.2, 0.25) is 0 Å². The summed E-state index contributed by atoms with van der Waals surface area (Å²) in [6, 6.07) is 23.4. The molecule has 9 heteroatoms. The molecule has 0 aliphatic carbocycles. The smallest absolute Gasteiger partial charge is 0.271 e. The van der Waals surface area contributed by atoms with E-state index >= 15 is 0 Å². The number of nitriles is 1. The number of aromatic nitrogens is 1. The van der Waals surface area contributed by atoms with Gasteiger partial charge in [-0.2, -0.15) is 5.26 Å². The number of ether oxygens (including phenoxy) is 1. The summed E-state index contributed by atoms with van der Waals surface area (Å²) in [5, 5.41) is 9.62. The molecule has 0 spiro atoms. The van der Waals surface area contributed by atoms with Crippen LogP contribution in [0.3, 0.4) is 0 Å². The van der Waals surface area contributed by atoms with E-state index in [2.05, 4.69) is 6.07 Å². The van der Waals surface area contributed by atoms with Gasteiger partial charge in [-0.25, -0.2) is 4.99 Å². The molecule has 0 fully saturated rings. The second-order valence-electron chi connectivity index (χ2n) is 9.75. The third kappa shape index (κ3) is 5.80. The predicted octanol–water partition coefficient (Wildman–Crippen LogP) is 5.21. The number of allylic oxidation sites excluding steroid dienone is 1. The second-order valence-corrected chi connectivity index (χ2v) is 11.2. The van der Waals surface area contributed by atoms with Crippen LogP contribution in [0.2, 0.25) is 5.02 Å². The fourth-order valence-corrected chi connectivity index (χ4v) is 6.11. The molecule has 212 valence electrons. The van der Waals surface area contributed by atoms with Gasteiger partial charge in [0.15, 0.2) is 4.80 Å². The number of carbonyl (C=O) groups is 1. The maximum atomic E-state index is 14.0. The first-order chi connectivity index (χ1) is 20.3. The van der Waals surface area contributed by atoms with E-state index in [0.29, 0.717) is 56.6 Å². The third-order valence-electron chi connectivity index (χ3n) is 7.17. The van der Waals surface area contributed by atoms with Crippen molar-refractivity contribution in [2.24, 2.45) is 4.99 Å². The molecule has 1 aliphatic heterocycles. The molecule has 1 atom stereocenters. The highest BCUT2D eigenvalue weighted by Crippen LogP contribution is 2.32. The van der Waals surface area contributed by atoms with Gasteiger partial charge in [-0.1, -0.05) is 65.4 Å². The van der Waals surface area contributed by atoms with Crippen molar-refractivity contribution in [3.8, 4) is 11.8 Å². The zero-order valence-electron chi connectivity index (χ0n) is 23.5. The molecular formula is C33H29ClN4O3S. The topological polar surface area (TPSA) is 87.7 Å². The molecule has 42 heavy (non-hydrogen) atoms. The number of fused-ring (bicyclic) bond motifs is 1. The van der Waals surface area contributed by atoms with Crippen LogP contribution in [0.1, 0.15) is 49.1 Å². The van der Waals surface area contributed by atoms with Crippen molar-refractivity contribution in [1.29, 1.82) is 5.26 Å². The summed E-state index contributed by atoms with van der Waals surface area (Å²) in [7, 11) is 0. The summed E-state index contributed by atoms with van der Waals surface area (Å²) in [6.07, 6.45) is 1.81. The standard InChI is InChI=1S/C33H29ClN4O3S/c1-4-37(5-2)32(40)29-21(3)36-33-38(30(29)24-14-16-26(34)17-15-24)31(39)28(42-33)18-25-8-6-7-9-27(25)41-20-23-12-10-22(19-35)11-13-23/h6-18,30H,4-5,20H2,1-3H3/b28-18+/t30-/m1/s1. The SMILES string of the molecule is CCN(CC)C(=O)C1=C(C)N=c2s/c(=C/c3ccccc3OCc3ccc(C#N)cc3)c(=O)n2[C@@H]1c1ccc(Cl)cc1. The Morgan fingerprint density at radius 3 is 2.45 bits per heavy atom. The Hall–Kier alpha value is -4.45. The maximum absolute atomic E-state index is 14.0. The van der Waals surface area contributed by atoms with Crippen LogP contribution < -0.4 is 19.6 Å². The molecule has 0 saturated heterocycles. The molecular weight excluding hydrogens is 568 g/mol. The van der Waals surface area contributed by atoms with Crippen molar-refractivity contribution < 1.29 is 9.53 Å². The van der Waals surface area contributed by atoms with Crippen LogP contribution in [0.25, 0.3) is 6.08 Å². The highest BCUT2D eigenvalue weighted by atomic mass is 35.5. The predicted molar refractivity (Wildman–Crippen MR) is 165 cm³/mol. The van der Waals surface area contributed by atoms with Crippen molar-refractivity contribution >= 4 is 34.9 Å². The van der Waals surface area contributed by atoms with Crippen LogP contribution >= 0.6 is 22.9 Å². The van der Waals surface area contributed by atoms with Gasteiger partial charge in [0.25, 0.3) is 11.5 Å². The lowest BCUT2D eigenvalue weighted by atomic mass is 9.94. The summed E-state index contributed by atoms with van der Waals surface area (Å²) < 4.78 is 8.21. The second kappa shape index (κ2) is 12.6. The van der Waals surface area contributed by atoms with Crippen molar-refractivity contribution in [2.75, 3.05) is 13.1 Å². The lowest BCUT2D eigenvalue weighted by Crippen LogP contribution is -2.43. The first kappa shape index (κ1) is 29.1. The fraction of sp³-hybridized carbons (Fsp3) is 0.212. The number of benzene rings is 3. The summed E-state index contributed by atoms with van der Waals surface area (Å²) in [5.74, 6) is 0.479. The van der Waals surface area contributed by atoms with E-state index in [9.17, 15) is 9.59 Å². The molecule has 5 rings (SSSR count). The average Bonchev–Trinajstić information content (AvgIpc) is 3.31. The normalized spacial score (nSPS) is 14.6. The fourth-order valence-electron chi connectivity index (χ4n) is 4.95. The van der Waals surface area contributed by atoms with E-state index in [1.807, 2.05) is 75.4 Å². The number of rotatable bonds is 8. The lowest BCUT2D eigenvalue weighted by Gasteiger charge is -2.29. The number of hydrogen-bond acceptors (Lipinski definition) is 6. The van der Waals surface area contributed by atoms with E-state index in [-0.39, 0.29) is 11.5 Å². The van der Waals surface area contributed by atoms with E-state index < -0.39 is 6.04 Å². The number of carbonyl (C=O) groups excluding carboxylic acids is 1. The molecule has 0 unspecified atom stereocenters. The van der Waals surface area contributed by atoms with Gasteiger partial charge in [0.1, 0.15) is 12.4 Å². The van der Waals surface area contributed by atoms with Gasteiger partial charge in [-0.05, 0) is 68.3 Å². The Bertz CT molecular complexity index is 1880. The lowest BCUT2D eigenvalue weighted by molar-refractivity contribution is -0.127. The quantitative estimate of drug-likeness (QED) is 0.279. The molecule has 0 saturated carbocycles. The number of nitrogens with zero attached hydrogens (tertiary/aromatic N) is 4. The van der Waals surface area contributed by atoms with Crippen molar-refractivity contribution in [1.82, 2.24) is 9.47 Å². The molecule has 7 nitrogen and oxygen atoms in total. The van der Waals surface area contributed by atoms with Gasteiger partial charge in [-0.15, -0.1) is 0 Å². The minimum absolute atomic E-state index is 0.142. The molecule has 1 amide bonds. The molecule has 0 bridgehead atoms. The van der Waals surface area contributed by atoms with Gasteiger partial charge in [0, 0.05) is 23.7 Å². The Morgan fingerprint density at radius 1 is 1.10 bits per heavy atom. The number of amides is 1. The maximum Gasteiger partial charge on any atom is 0.271 e. The largest absolute Gasteiger partial charge is 0.488 e. The van der Waals surface area contributed by atoms with E-state index in [1.54, 1.807) is 33.7 Å². The number of likely N-dealkylation sites (N-methyl/N-ethyl adjacent to an activating group) is 1. The van der Waals surface area contributed by atoms with Crippen LogP contribution in [-0.2, 0) is 11.4 Å². The van der Waals surface area contributed by atoms with Gasteiger partial charge in [-0.3, -0.25) is 14.2 Å².